The van der Waals surface area contributed by atoms with Crippen molar-refractivity contribution in [1.82, 2.24) is 19.7 Å². The highest BCUT2D eigenvalue weighted by atomic mass is 19.4. The highest BCUT2D eigenvalue weighted by molar-refractivity contribution is 5.92. The van der Waals surface area contributed by atoms with Crippen molar-refractivity contribution in [1.29, 1.82) is 0 Å². The molecule has 0 radical (unpaired) electrons. The molecule has 0 spiro atoms. The fraction of sp³-hybridized carbons (Fsp3) is 0.333. The maximum Gasteiger partial charge on any atom is 0.573 e. The lowest BCUT2D eigenvalue weighted by Gasteiger charge is -2.16. The lowest BCUT2D eigenvalue weighted by atomic mass is 10.3. The number of halogens is 3. The second-order valence-electron chi connectivity index (χ2n) is 6.55. The van der Waals surface area contributed by atoms with Crippen LogP contribution >= 0.6 is 0 Å². The van der Waals surface area contributed by atoms with Crippen LogP contribution in [0.5, 0.6) is 5.75 Å². The summed E-state index contributed by atoms with van der Waals surface area (Å²) >= 11 is 0. The highest BCUT2D eigenvalue weighted by Crippen LogP contribution is 2.26. The van der Waals surface area contributed by atoms with Gasteiger partial charge in [0.1, 0.15) is 24.4 Å². The van der Waals surface area contributed by atoms with Crippen molar-refractivity contribution in [3.63, 3.8) is 0 Å². The average Bonchev–Trinajstić information content (AvgIpc) is 3.32. The van der Waals surface area contributed by atoms with Crippen LogP contribution in [0, 0.1) is 0 Å². The number of alkyl halides is 3. The number of benzene rings is 1. The van der Waals surface area contributed by atoms with Gasteiger partial charge in [0.2, 0.25) is 5.91 Å². The quantitative estimate of drug-likeness (QED) is 0.701. The molecule has 1 aliphatic rings. The molecule has 1 amide bonds. The first-order valence-electron chi connectivity index (χ1n) is 8.96. The standard InChI is InChI=1S/C18H17F3N6O2/c19-18(20,21)29-13-5-3-12(4-6-13)25-15(28)10-27-17-14(9-24-27)16(22-11-23-17)26-7-1-2-8-26/h3-6,9,11H,1-2,7-8,10H2,(H,25,28). The Morgan fingerprint density at radius 1 is 1.14 bits per heavy atom. The van der Waals surface area contributed by atoms with Gasteiger partial charge in [0.15, 0.2) is 5.65 Å². The zero-order valence-electron chi connectivity index (χ0n) is 15.2. The van der Waals surface area contributed by atoms with Gasteiger partial charge < -0.3 is 15.0 Å². The van der Waals surface area contributed by atoms with E-state index in [1.54, 1.807) is 6.20 Å². The van der Waals surface area contributed by atoms with Crippen molar-refractivity contribution in [2.24, 2.45) is 0 Å². The summed E-state index contributed by atoms with van der Waals surface area (Å²) in [4.78, 5) is 23.1. The van der Waals surface area contributed by atoms with E-state index >= 15 is 0 Å². The third kappa shape index (κ3) is 4.39. The van der Waals surface area contributed by atoms with Gasteiger partial charge in [-0.25, -0.2) is 14.6 Å². The van der Waals surface area contributed by atoms with Gasteiger partial charge in [-0.1, -0.05) is 0 Å². The molecule has 0 aliphatic carbocycles. The Bertz CT molecular complexity index is 1010. The number of hydrogen-bond donors (Lipinski definition) is 1. The first kappa shape index (κ1) is 19.0. The maximum absolute atomic E-state index is 12.3. The Labute approximate surface area is 163 Å². The zero-order chi connectivity index (χ0) is 20.4. The Morgan fingerprint density at radius 3 is 2.55 bits per heavy atom. The van der Waals surface area contributed by atoms with Gasteiger partial charge in [0.25, 0.3) is 0 Å². The molecule has 0 bridgehead atoms. The Balaban J connectivity index is 1.45. The topological polar surface area (TPSA) is 85.2 Å². The highest BCUT2D eigenvalue weighted by Gasteiger charge is 2.31. The summed E-state index contributed by atoms with van der Waals surface area (Å²) in [5, 5.41) is 7.63. The Morgan fingerprint density at radius 2 is 1.86 bits per heavy atom. The van der Waals surface area contributed by atoms with Crippen LogP contribution in [-0.2, 0) is 11.3 Å². The van der Waals surface area contributed by atoms with Crippen LogP contribution in [-0.4, -0.2) is 45.1 Å². The molecule has 1 aliphatic heterocycles. The molecule has 1 fully saturated rings. The molecule has 8 nitrogen and oxygen atoms in total. The van der Waals surface area contributed by atoms with E-state index < -0.39 is 6.36 Å². The Hall–Kier alpha value is -3.37. The van der Waals surface area contributed by atoms with E-state index in [-0.39, 0.29) is 18.2 Å². The minimum atomic E-state index is -4.76. The maximum atomic E-state index is 12.3. The molecule has 11 heteroatoms. The summed E-state index contributed by atoms with van der Waals surface area (Å²) in [6.45, 7) is 1.75. The molecular weight excluding hydrogens is 389 g/mol. The summed E-state index contributed by atoms with van der Waals surface area (Å²) < 4.78 is 41.9. The number of aromatic nitrogens is 4. The van der Waals surface area contributed by atoms with Crippen molar-refractivity contribution in [3.8, 4) is 5.75 Å². The molecule has 0 saturated carbocycles. The number of carbonyl (C=O) groups is 1. The molecule has 2 aromatic heterocycles. The molecular formula is C18H17F3N6O2. The number of nitrogens with zero attached hydrogens (tertiary/aromatic N) is 5. The predicted octanol–water partition coefficient (Wildman–Crippen LogP) is 2.96. The number of rotatable bonds is 5. The van der Waals surface area contributed by atoms with E-state index in [9.17, 15) is 18.0 Å². The molecule has 0 atom stereocenters. The van der Waals surface area contributed by atoms with E-state index in [4.69, 9.17) is 0 Å². The van der Waals surface area contributed by atoms with Gasteiger partial charge in [-0.05, 0) is 37.1 Å². The van der Waals surface area contributed by atoms with Crippen LogP contribution in [0.15, 0.2) is 36.8 Å². The van der Waals surface area contributed by atoms with Crippen LogP contribution in [0.25, 0.3) is 11.0 Å². The largest absolute Gasteiger partial charge is 0.573 e. The minimum absolute atomic E-state index is 0.0965. The van der Waals surface area contributed by atoms with E-state index in [1.807, 2.05) is 0 Å². The number of hydrogen-bond acceptors (Lipinski definition) is 6. The summed E-state index contributed by atoms with van der Waals surface area (Å²) in [5.74, 6) is 0.0555. The molecule has 1 saturated heterocycles. The van der Waals surface area contributed by atoms with Crippen LogP contribution in [0.3, 0.4) is 0 Å². The number of fused-ring (bicyclic) bond motifs is 1. The van der Waals surface area contributed by atoms with Crippen LogP contribution in [0.1, 0.15) is 12.8 Å². The molecule has 152 valence electrons. The minimum Gasteiger partial charge on any atom is -0.406 e. The molecule has 4 rings (SSSR count). The van der Waals surface area contributed by atoms with E-state index in [2.05, 4.69) is 30.0 Å². The third-order valence-electron chi connectivity index (χ3n) is 4.48. The predicted molar refractivity (Wildman–Crippen MR) is 98.5 cm³/mol. The smallest absolute Gasteiger partial charge is 0.406 e. The van der Waals surface area contributed by atoms with Crippen molar-refractivity contribution in [2.45, 2.75) is 25.7 Å². The fourth-order valence-electron chi connectivity index (χ4n) is 3.25. The lowest BCUT2D eigenvalue weighted by Crippen LogP contribution is -2.21. The monoisotopic (exact) mass is 406 g/mol. The van der Waals surface area contributed by atoms with Crippen LogP contribution < -0.4 is 15.0 Å². The number of ether oxygens (including phenoxy) is 1. The average molecular weight is 406 g/mol. The molecule has 1 aromatic carbocycles. The third-order valence-corrected chi connectivity index (χ3v) is 4.48. The summed E-state index contributed by atoms with van der Waals surface area (Å²) in [6.07, 6.45) is 0.538. The second-order valence-corrected chi connectivity index (χ2v) is 6.55. The van der Waals surface area contributed by atoms with Gasteiger partial charge in [0.05, 0.1) is 11.6 Å². The first-order valence-corrected chi connectivity index (χ1v) is 8.96. The van der Waals surface area contributed by atoms with Gasteiger partial charge in [-0.3, -0.25) is 4.79 Å². The van der Waals surface area contributed by atoms with Crippen molar-refractivity contribution < 1.29 is 22.7 Å². The van der Waals surface area contributed by atoms with Crippen molar-refractivity contribution in [2.75, 3.05) is 23.3 Å². The van der Waals surface area contributed by atoms with Gasteiger partial charge in [-0.2, -0.15) is 5.10 Å². The van der Waals surface area contributed by atoms with Crippen LogP contribution in [0.2, 0.25) is 0 Å². The second kappa shape index (κ2) is 7.57. The molecule has 3 aromatic rings. The lowest BCUT2D eigenvalue weighted by molar-refractivity contribution is -0.274. The van der Waals surface area contributed by atoms with E-state index in [0.29, 0.717) is 11.3 Å². The number of nitrogens with one attached hydrogen (secondary N) is 1. The summed E-state index contributed by atoms with van der Waals surface area (Å²) in [7, 11) is 0. The molecule has 3 heterocycles. The SMILES string of the molecule is O=C(Cn1ncc2c(N3CCCC3)ncnc21)Nc1ccc(OC(F)(F)F)cc1. The normalized spacial score (nSPS) is 14.4. The summed E-state index contributed by atoms with van der Waals surface area (Å²) in [5.41, 5.74) is 0.888. The van der Waals surface area contributed by atoms with Gasteiger partial charge in [-0.15, -0.1) is 13.2 Å². The number of anilines is 2. The number of amides is 1. The van der Waals surface area contributed by atoms with E-state index in [0.717, 1.165) is 49.3 Å². The van der Waals surface area contributed by atoms with Crippen LogP contribution in [0.4, 0.5) is 24.7 Å². The summed E-state index contributed by atoms with van der Waals surface area (Å²) in [6, 6.07) is 4.91. The van der Waals surface area contributed by atoms with Gasteiger partial charge in [0, 0.05) is 18.8 Å². The molecule has 0 unspecified atom stereocenters. The Kier molecular flexibility index (Phi) is 4.95. The zero-order valence-corrected chi connectivity index (χ0v) is 15.2. The number of carbonyl (C=O) groups excluding carboxylic acids is 1. The van der Waals surface area contributed by atoms with Crippen molar-refractivity contribution >= 4 is 28.4 Å². The fourth-order valence-corrected chi connectivity index (χ4v) is 3.25. The van der Waals surface area contributed by atoms with Crippen molar-refractivity contribution in [3.05, 3.63) is 36.8 Å². The first-order chi connectivity index (χ1) is 13.9. The molecule has 1 N–H and O–H groups in total. The molecule has 29 heavy (non-hydrogen) atoms. The van der Waals surface area contributed by atoms with E-state index in [1.165, 1.54) is 23.1 Å². The van der Waals surface area contributed by atoms with Gasteiger partial charge >= 0.3 is 6.36 Å².